The molecule has 0 amide bonds. The Hall–Kier alpha value is -1.03. The van der Waals surface area contributed by atoms with Gasteiger partial charge in [0.2, 0.25) is 0 Å². The molecule has 1 unspecified atom stereocenters. The molecule has 18 heavy (non-hydrogen) atoms. The van der Waals surface area contributed by atoms with Crippen LogP contribution >= 0.6 is 23.2 Å². The lowest BCUT2D eigenvalue weighted by molar-refractivity contribution is 0.464. The maximum atomic E-state index is 6.19. The highest BCUT2D eigenvalue weighted by Gasteiger charge is 2.23. The van der Waals surface area contributed by atoms with Gasteiger partial charge in [0.25, 0.3) is 0 Å². The van der Waals surface area contributed by atoms with E-state index in [0.717, 1.165) is 36.5 Å². The molecule has 2 aromatic rings. The van der Waals surface area contributed by atoms with Gasteiger partial charge in [0.05, 0.1) is 5.69 Å². The Labute approximate surface area is 116 Å². The average Bonchev–Trinajstić information content (AvgIpc) is 2.66. The standard InChI is InChI=1S/C13H13Cl2N3/c14-9-3-1-2-8(6-9)13-17-12(15)11-5-4-10(16)7-18(11)13/h1-3,6,10H,4-5,7,16H2. The van der Waals surface area contributed by atoms with Crippen molar-refractivity contribution in [3.05, 3.63) is 40.1 Å². The first-order valence-electron chi connectivity index (χ1n) is 5.91. The van der Waals surface area contributed by atoms with Crippen LogP contribution in [0.2, 0.25) is 10.2 Å². The predicted octanol–water partition coefficient (Wildman–Crippen LogP) is 3.13. The molecule has 0 fully saturated rings. The molecular weight excluding hydrogens is 269 g/mol. The van der Waals surface area contributed by atoms with Crippen molar-refractivity contribution in [3.63, 3.8) is 0 Å². The molecule has 1 aliphatic rings. The number of nitrogens with zero attached hydrogens (tertiary/aromatic N) is 2. The maximum Gasteiger partial charge on any atom is 0.150 e. The van der Waals surface area contributed by atoms with Gasteiger partial charge in [0.15, 0.2) is 5.15 Å². The third-order valence-corrected chi connectivity index (χ3v) is 3.81. The van der Waals surface area contributed by atoms with Crippen LogP contribution in [0.4, 0.5) is 0 Å². The van der Waals surface area contributed by atoms with Crippen molar-refractivity contribution in [1.82, 2.24) is 9.55 Å². The zero-order chi connectivity index (χ0) is 12.7. The van der Waals surface area contributed by atoms with Crippen molar-refractivity contribution in [2.45, 2.75) is 25.4 Å². The zero-order valence-electron chi connectivity index (χ0n) is 9.74. The van der Waals surface area contributed by atoms with E-state index < -0.39 is 0 Å². The number of fused-ring (bicyclic) bond motifs is 1. The molecule has 0 saturated carbocycles. The fourth-order valence-corrected chi connectivity index (χ4v) is 2.85. The molecule has 0 bridgehead atoms. The van der Waals surface area contributed by atoms with E-state index in [1.807, 2.05) is 24.3 Å². The Morgan fingerprint density at radius 2 is 2.17 bits per heavy atom. The van der Waals surface area contributed by atoms with Gasteiger partial charge in [-0.15, -0.1) is 0 Å². The van der Waals surface area contributed by atoms with Crippen molar-refractivity contribution < 1.29 is 0 Å². The summed E-state index contributed by atoms with van der Waals surface area (Å²) in [5.74, 6) is 0.854. The summed E-state index contributed by atoms with van der Waals surface area (Å²) in [7, 11) is 0. The van der Waals surface area contributed by atoms with E-state index in [-0.39, 0.29) is 6.04 Å². The number of hydrogen-bond donors (Lipinski definition) is 1. The van der Waals surface area contributed by atoms with Crippen LogP contribution in [0, 0.1) is 0 Å². The molecule has 3 nitrogen and oxygen atoms in total. The van der Waals surface area contributed by atoms with E-state index in [1.54, 1.807) is 0 Å². The summed E-state index contributed by atoms with van der Waals surface area (Å²) in [6.07, 6.45) is 1.84. The molecule has 1 aromatic carbocycles. The predicted molar refractivity (Wildman–Crippen MR) is 74.0 cm³/mol. The summed E-state index contributed by atoms with van der Waals surface area (Å²) in [4.78, 5) is 4.45. The lowest BCUT2D eigenvalue weighted by atomic mass is 10.1. The van der Waals surface area contributed by atoms with Crippen LogP contribution < -0.4 is 5.73 Å². The smallest absolute Gasteiger partial charge is 0.150 e. The summed E-state index contributed by atoms with van der Waals surface area (Å²) in [5, 5.41) is 1.28. The monoisotopic (exact) mass is 281 g/mol. The van der Waals surface area contributed by atoms with Gasteiger partial charge in [-0.05, 0) is 25.0 Å². The molecule has 2 N–H and O–H groups in total. The van der Waals surface area contributed by atoms with Crippen LogP contribution in [0.3, 0.4) is 0 Å². The van der Waals surface area contributed by atoms with Gasteiger partial charge < -0.3 is 10.3 Å². The molecule has 94 valence electrons. The summed E-state index contributed by atoms with van der Waals surface area (Å²) in [5.41, 5.74) is 8.07. The third-order valence-electron chi connectivity index (χ3n) is 3.28. The highest BCUT2D eigenvalue weighted by atomic mass is 35.5. The van der Waals surface area contributed by atoms with Gasteiger partial charge in [-0.1, -0.05) is 35.3 Å². The number of rotatable bonds is 1. The van der Waals surface area contributed by atoms with Crippen LogP contribution in [0.1, 0.15) is 12.1 Å². The van der Waals surface area contributed by atoms with Gasteiger partial charge in [0, 0.05) is 23.2 Å². The Morgan fingerprint density at radius 1 is 1.33 bits per heavy atom. The van der Waals surface area contributed by atoms with Crippen LogP contribution in [0.25, 0.3) is 11.4 Å². The number of halogens is 2. The van der Waals surface area contributed by atoms with E-state index in [4.69, 9.17) is 28.9 Å². The summed E-state index contributed by atoms with van der Waals surface area (Å²) in [6, 6.07) is 7.81. The Balaban J connectivity index is 2.13. The second-order valence-corrected chi connectivity index (χ2v) is 5.39. The minimum atomic E-state index is 0.167. The summed E-state index contributed by atoms with van der Waals surface area (Å²) < 4.78 is 2.11. The summed E-state index contributed by atoms with van der Waals surface area (Å²) in [6.45, 7) is 0.761. The lowest BCUT2D eigenvalue weighted by Gasteiger charge is -2.22. The lowest BCUT2D eigenvalue weighted by Crippen LogP contribution is -2.32. The van der Waals surface area contributed by atoms with E-state index in [9.17, 15) is 0 Å². The number of hydrogen-bond acceptors (Lipinski definition) is 2. The SMILES string of the molecule is NC1CCc2c(Cl)nc(-c3cccc(Cl)c3)n2C1. The van der Waals surface area contributed by atoms with Crippen molar-refractivity contribution >= 4 is 23.2 Å². The van der Waals surface area contributed by atoms with E-state index in [2.05, 4.69) is 9.55 Å². The van der Waals surface area contributed by atoms with E-state index >= 15 is 0 Å². The van der Waals surface area contributed by atoms with Gasteiger partial charge in [-0.2, -0.15) is 0 Å². The minimum Gasteiger partial charge on any atom is -0.326 e. The van der Waals surface area contributed by atoms with Crippen molar-refractivity contribution in [3.8, 4) is 11.4 Å². The van der Waals surface area contributed by atoms with Crippen LogP contribution in [-0.2, 0) is 13.0 Å². The summed E-state index contributed by atoms with van der Waals surface area (Å²) >= 11 is 12.2. The molecule has 3 rings (SSSR count). The highest BCUT2D eigenvalue weighted by molar-refractivity contribution is 6.31. The average molecular weight is 282 g/mol. The Bertz CT molecular complexity index is 592. The molecule has 1 aliphatic heterocycles. The molecule has 0 aliphatic carbocycles. The van der Waals surface area contributed by atoms with E-state index in [0.29, 0.717) is 10.2 Å². The highest BCUT2D eigenvalue weighted by Crippen LogP contribution is 2.30. The van der Waals surface area contributed by atoms with Crippen LogP contribution in [0.5, 0.6) is 0 Å². The topological polar surface area (TPSA) is 43.8 Å². The van der Waals surface area contributed by atoms with Crippen molar-refractivity contribution in [1.29, 1.82) is 0 Å². The molecular formula is C13H13Cl2N3. The molecule has 5 heteroatoms. The molecule has 1 atom stereocenters. The first-order valence-corrected chi connectivity index (χ1v) is 6.67. The van der Waals surface area contributed by atoms with Crippen LogP contribution in [0.15, 0.2) is 24.3 Å². The number of nitrogens with two attached hydrogens (primary N) is 1. The fourth-order valence-electron chi connectivity index (χ4n) is 2.39. The van der Waals surface area contributed by atoms with Gasteiger partial charge in [0.1, 0.15) is 5.82 Å². The largest absolute Gasteiger partial charge is 0.326 e. The molecule has 0 radical (unpaired) electrons. The molecule has 2 heterocycles. The fraction of sp³-hybridized carbons (Fsp3) is 0.308. The molecule has 1 aromatic heterocycles. The van der Waals surface area contributed by atoms with E-state index in [1.165, 1.54) is 0 Å². The van der Waals surface area contributed by atoms with Crippen LogP contribution in [-0.4, -0.2) is 15.6 Å². The molecule has 0 saturated heterocycles. The van der Waals surface area contributed by atoms with Gasteiger partial charge in [-0.25, -0.2) is 4.98 Å². The normalized spacial score (nSPS) is 18.7. The quantitative estimate of drug-likeness (QED) is 0.873. The van der Waals surface area contributed by atoms with Crippen molar-refractivity contribution in [2.24, 2.45) is 5.73 Å². The van der Waals surface area contributed by atoms with Crippen molar-refractivity contribution in [2.75, 3.05) is 0 Å². The van der Waals surface area contributed by atoms with Gasteiger partial charge in [-0.3, -0.25) is 0 Å². The number of benzene rings is 1. The zero-order valence-corrected chi connectivity index (χ0v) is 11.2. The second kappa shape index (κ2) is 4.57. The Morgan fingerprint density at radius 3 is 2.94 bits per heavy atom. The first kappa shape index (κ1) is 12.0. The van der Waals surface area contributed by atoms with Gasteiger partial charge >= 0.3 is 0 Å². The minimum absolute atomic E-state index is 0.167. The number of aromatic nitrogens is 2. The second-order valence-electron chi connectivity index (χ2n) is 4.59. The maximum absolute atomic E-state index is 6.19. The Kier molecular flexibility index (Phi) is 3.06. The third kappa shape index (κ3) is 2.03. The number of imidazole rings is 1. The molecule has 0 spiro atoms. The first-order chi connectivity index (χ1) is 8.65.